The number of oxime groups is 1. The van der Waals surface area contributed by atoms with Gasteiger partial charge in [-0.1, -0.05) is 16.8 Å². The minimum atomic E-state index is -1.46. The third kappa shape index (κ3) is 1.60. The Morgan fingerprint density at radius 2 is 2.24 bits per heavy atom. The van der Waals surface area contributed by atoms with Crippen molar-refractivity contribution in [3.8, 4) is 5.75 Å². The Balaban J connectivity index is 2.69. The van der Waals surface area contributed by atoms with Crippen molar-refractivity contribution in [2.45, 2.75) is 6.23 Å². The number of hydrogen-bond acceptors (Lipinski definition) is 6. The molecule has 0 bridgehead atoms. The summed E-state index contributed by atoms with van der Waals surface area (Å²) in [6.45, 7) is 0. The highest BCUT2D eigenvalue weighted by molar-refractivity contribution is 6.36. The number of ether oxygens (including phenoxy) is 1. The van der Waals surface area contributed by atoms with Crippen LogP contribution >= 0.6 is 11.6 Å². The number of benzene rings is 1. The van der Waals surface area contributed by atoms with Crippen molar-refractivity contribution < 1.29 is 15.1 Å². The lowest BCUT2D eigenvalue weighted by molar-refractivity contribution is 0.230. The molecule has 1 aliphatic heterocycles. The summed E-state index contributed by atoms with van der Waals surface area (Å²) in [6.07, 6.45) is -1.46. The Hall–Kier alpha value is -1.86. The van der Waals surface area contributed by atoms with E-state index in [4.69, 9.17) is 21.5 Å². The number of halogens is 1. The number of methoxy groups -OCH3 is 1. The van der Waals surface area contributed by atoms with E-state index >= 15 is 0 Å². The second-order valence-electron chi connectivity index (χ2n) is 3.29. The first-order valence-electron chi connectivity index (χ1n) is 4.54. The molecule has 1 heterocycles. The fraction of sp³-hybridized carbons (Fsp3) is 0.222. The van der Waals surface area contributed by atoms with Crippen LogP contribution in [0.25, 0.3) is 0 Å². The summed E-state index contributed by atoms with van der Waals surface area (Å²) in [5, 5.41) is 25.0. The molecule has 0 radical (unpaired) electrons. The zero-order chi connectivity index (χ0) is 12.6. The van der Waals surface area contributed by atoms with Gasteiger partial charge >= 0.3 is 0 Å². The van der Waals surface area contributed by atoms with E-state index in [1.807, 2.05) is 0 Å². The Bertz CT molecular complexity index is 505. The number of aliphatic hydroxyl groups excluding tert-OH is 1. The van der Waals surface area contributed by atoms with Gasteiger partial charge in [0.15, 0.2) is 6.23 Å². The lowest BCUT2D eigenvalue weighted by Gasteiger charge is -2.12. The van der Waals surface area contributed by atoms with Gasteiger partial charge < -0.3 is 15.1 Å². The maximum absolute atomic E-state index is 10.6. The molecule has 0 aromatic heterocycles. The number of hydrogen-bond donors (Lipinski definition) is 2. The zero-order valence-electron chi connectivity index (χ0n) is 8.66. The first-order chi connectivity index (χ1) is 8.13. The molecule has 7 nitrogen and oxygen atoms in total. The van der Waals surface area contributed by atoms with E-state index in [0.717, 1.165) is 5.01 Å². The van der Waals surface area contributed by atoms with E-state index in [1.54, 1.807) is 0 Å². The summed E-state index contributed by atoms with van der Waals surface area (Å²) in [4.78, 5) is 10.6. The molecule has 0 saturated heterocycles. The van der Waals surface area contributed by atoms with Crippen LogP contribution in [0.4, 0.5) is 5.69 Å². The average Bonchev–Trinajstić information content (AvgIpc) is 2.60. The van der Waals surface area contributed by atoms with Crippen LogP contribution < -0.4 is 9.75 Å². The van der Waals surface area contributed by atoms with E-state index < -0.39 is 6.23 Å². The van der Waals surface area contributed by atoms with Gasteiger partial charge in [-0.3, -0.25) is 0 Å². The maximum atomic E-state index is 10.6. The maximum Gasteiger partial charge on any atom is 0.198 e. The number of rotatable bonds is 2. The molecule has 1 unspecified atom stereocenters. The standard InChI is InChI=1S/C9H8ClN3O4/c1-17-4-2-5(10)7-6(3-4)13(12-16)9(14)8(7)11-15/h2-3,9,14-15H,1H3/b11-8-. The third-order valence-corrected chi connectivity index (χ3v) is 2.75. The van der Waals surface area contributed by atoms with E-state index in [1.165, 1.54) is 19.2 Å². The molecule has 0 fully saturated rings. The summed E-state index contributed by atoms with van der Waals surface area (Å²) in [5.41, 5.74) is 0.346. The Labute approximate surface area is 101 Å². The molecule has 17 heavy (non-hydrogen) atoms. The van der Waals surface area contributed by atoms with Crippen LogP contribution in [0.2, 0.25) is 5.02 Å². The van der Waals surface area contributed by atoms with Crippen molar-refractivity contribution in [1.82, 2.24) is 0 Å². The lowest BCUT2D eigenvalue weighted by Crippen LogP contribution is -2.30. The zero-order valence-corrected chi connectivity index (χ0v) is 9.42. The van der Waals surface area contributed by atoms with Crippen LogP contribution in [0.3, 0.4) is 0 Å². The van der Waals surface area contributed by atoms with E-state index in [9.17, 15) is 10.0 Å². The third-order valence-electron chi connectivity index (χ3n) is 2.45. The summed E-state index contributed by atoms with van der Waals surface area (Å²) in [5.74, 6) is 0.397. The van der Waals surface area contributed by atoms with Crippen molar-refractivity contribution in [1.29, 1.82) is 0 Å². The van der Waals surface area contributed by atoms with Crippen LogP contribution in [0.5, 0.6) is 5.75 Å². The van der Waals surface area contributed by atoms with Crippen LogP contribution in [0, 0.1) is 4.91 Å². The highest BCUT2D eigenvalue weighted by Gasteiger charge is 2.38. The van der Waals surface area contributed by atoms with Gasteiger partial charge in [0.05, 0.1) is 23.1 Å². The minimum absolute atomic E-state index is 0.132. The highest BCUT2D eigenvalue weighted by Crippen LogP contribution is 2.39. The fourth-order valence-electron chi connectivity index (χ4n) is 1.69. The van der Waals surface area contributed by atoms with Crippen molar-refractivity contribution in [2.24, 2.45) is 10.4 Å². The second kappa shape index (κ2) is 4.19. The quantitative estimate of drug-likeness (QED) is 0.474. The largest absolute Gasteiger partial charge is 0.497 e. The Morgan fingerprint density at radius 3 is 2.76 bits per heavy atom. The number of nitroso groups, excluding NO2 is 1. The molecule has 2 N–H and O–H groups in total. The number of nitrogens with zero attached hydrogens (tertiary/aromatic N) is 3. The van der Waals surface area contributed by atoms with Crippen molar-refractivity contribution in [3.63, 3.8) is 0 Å². The molecule has 1 aromatic rings. The Morgan fingerprint density at radius 1 is 1.53 bits per heavy atom. The smallest absolute Gasteiger partial charge is 0.198 e. The van der Waals surface area contributed by atoms with Gasteiger partial charge in [-0.05, 0) is 6.07 Å². The normalized spacial score (nSPS) is 20.5. The summed E-state index contributed by atoms with van der Waals surface area (Å²) in [7, 11) is 1.43. The van der Waals surface area contributed by atoms with E-state index in [0.29, 0.717) is 5.75 Å². The molecule has 2 rings (SSSR count). The molecular weight excluding hydrogens is 250 g/mol. The summed E-state index contributed by atoms with van der Waals surface area (Å²) >= 11 is 5.96. The molecule has 0 amide bonds. The topological polar surface area (TPSA) is 94.7 Å². The molecule has 8 heteroatoms. The summed E-state index contributed by atoms with van der Waals surface area (Å²) in [6, 6.07) is 2.94. The van der Waals surface area contributed by atoms with Crippen molar-refractivity contribution >= 4 is 23.0 Å². The van der Waals surface area contributed by atoms with Crippen LogP contribution in [0.1, 0.15) is 5.56 Å². The van der Waals surface area contributed by atoms with Crippen LogP contribution in [-0.4, -0.2) is 29.4 Å². The van der Waals surface area contributed by atoms with Gasteiger partial charge in [-0.2, -0.15) is 5.01 Å². The first kappa shape index (κ1) is 11.6. The van der Waals surface area contributed by atoms with Gasteiger partial charge in [0.25, 0.3) is 0 Å². The summed E-state index contributed by atoms with van der Waals surface area (Å²) < 4.78 is 4.98. The van der Waals surface area contributed by atoms with Gasteiger partial charge in [0.1, 0.15) is 11.5 Å². The molecule has 1 aromatic carbocycles. The van der Waals surface area contributed by atoms with Crippen LogP contribution in [0.15, 0.2) is 22.6 Å². The van der Waals surface area contributed by atoms with Gasteiger partial charge in [-0.25, -0.2) is 0 Å². The molecule has 0 aliphatic carbocycles. The lowest BCUT2D eigenvalue weighted by atomic mass is 10.1. The molecule has 90 valence electrons. The second-order valence-corrected chi connectivity index (χ2v) is 3.70. The molecule has 1 aliphatic rings. The molecule has 0 saturated carbocycles. The van der Waals surface area contributed by atoms with Crippen molar-refractivity contribution in [3.05, 3.63) is 27.6 Å². The van der Waals surface area contributed by atoms with Gasteiger partial charge in [0.2, 0.25) is 0 Å². The van der Waals surface area contributed by atoms with Gasteiger partial charge in [-0.15, -0.1) is 4.91 Å². The number of aliphatic hydroxyl groups is 1. The predicted molar refractivity (Wildman–Crippen MR) is 60.6 cm³/mol. The van der Waals surface area contributed by atoms with Gasteiger partial charge in [0, 0.05) is 11.6 Å². The average molecular weight is 258 g/mol. The van der Waals surface area contributed by atoms with Crippen LogP contribution in [-0.2, 0) is 0 Å². The Kier molecular flexibility index (Phi) is 2.86. The monoisotopic (exact) mass is 257 g/mol. The van der Waals surface area contributed by atoms with E-state index in [2.05, 4.69) is 10.4 Å². The molecule has 1 atom stereocenters. The highest BCUT2D eigenvalue weighted by atomic mass is 35.5. The predicted octanol–water partition coefficient (Wildman–Crippen LogP) is 1.35. The minimum Gasteiger partial charge on any atom is -0.497 e. The first-order valence-corrected chi connectivity index (χ1v) is 4.92. The fourth-order valence-corrected chi connectivity index (χ4v) is 1.99. The molecule has 0 spiro atoms. The van der Waals surface area contributed by atoms with E-state index in [-0.39, 0.29) is 22.0 Å². The van der Waals surface area contributed by atoms with Crippen molar-refractivity contribution in [2.75, 3.05) is 12.1 Å². The number of anilines is 1. The SMILES string of the molecule is COc1cc(Cl)c2c(c1)N(N=O)C(O)/C2=N\O. The number of fused-ring (bicyclic) bond motifs is 1. The molecular formula is C9H8ClN3O4.